The van der Waals surface area contributed by atoms with Crippen LogP contribution in [-0.2, 0) is 11.3 Å². The van der Waals surface area contributed by atoms with Gasteiger partial charge in [-0.25, -0.2) is 9.50 Å². The average molecular weight is 364 g/mol. The SMILES string of the molecule is c1cc(CN2CC[C@H](c3nc4ccc(N5CCOCC5)cn4n3)C2)ccn1. The molecule has 0 amide bonds. The highest BCUT2D eigenvalue weighted by molar-refractivity contribution is 5.51. The Bertz CT molecular complexity index is 905. The lowest BCUT2D eigenvalue weighted by molar-refractivity contribution is 0.122. The normalized spacial score (nSPS) is 21.2. The van der Waals surface area contributed by atoms with Crippen LogP contribution in [0.2, 0.25) is 0 Å². The van der Waals surface area contributed by atoms with Gasteiger partial charge in [0.1, 0.15) is 0 Å². The van der Waals surface area contributed by atoms with Gasteiger partial charge < -0.3 is 9.64 Å². The zero-order valence-corrected chi connectivity index (χ0v) is 15.4. The summed E-state index contributed by atoms with van der Waals surface area (Å²) in [6.07, 6.45) is 6.93. The van der Waals surface area contributed by atoms with Crippen molar-refractivity contribution < 1.29 is 4.74 Å². The van der Waals surface area contributed by atoms with E-state index in [0.29, 0.717) is 5.92 Å². The van der Waals surface area contributed by atoms with E-state index in [1.165, 1.54) is 11.3 Å². The Morgan fingerprint density at radius 1 is 1.04 bits per heavy atom. The van der Waals surface area contributed by atoms with Crippen LogP contribution in [0.3, 0.4) is 0 Å². The molecule has 0 bridgehead atoms. The van der Waals surface area contributed by atoms with Crippen LogP contribution >= 0.6 is 0 Å². The molecule has 7 nitrogen and oxygen atoms in total. The predicted octanol–water partition coefficient (Wildman–Crippen LogP) is 1.95. The summed E-state index contributed by atoms with van der Waals surface area (Å²) in [5.41, 5.74) is 3.42. The minimum atomic E-state index is 0.401. The first-order valence-electron chi connectivity index (χ1n) is 9.65. The third-order valence-corrected chi connectivity index (χ3v) is 5.50. The molecule has 0 N–H and O–H groups in total. The van der Waals surface area contributed by atoms with Gasteiger partial charge >= 0.3 is 0 Å². The van der Waals surface area contributed by atoms with Crippen LogP contribution < -0.4 is 4.90 Å². The van der Waals surface area contributed by atoms with Gasteiger partial charge in [-0.05, 0) is 42.8 Å². The molecular weight excluding hydrogens is 340 g/mol. The first kappa shape index (κ1) is 16.6. The van der Waals surface area contributed by atoms with Gasteiger partial charge in [-0.15, -0.1) is 0 Å². The number of pyridine rings is 2. The van der Waals surface area contributed by atoms with Gasteiger partial charge in [0, 0.05) is 44.5 Å². The molecule has 27 heavy (non-hydrogen) atoms. The van der Waals surface area contributed by atoms with Gasteiger partial charge in [-0.3, -0.25) is 9.88 Å². The Morgan fingerprint density at radius 2 is 1.89 bits per heavy atom. The summed E-state index contributed by atoms with van der Waals surface area (Å²) in [4.78, 5) is 13.7. The molecule has 0 radical (unpaired) electrons. The molecule has 2 aliphatic rings. The van der Waals surface area contributed by atoms with E-state index in [4.69, 9.17) is 14.8 Å². The number of anilines is 1. The van der Waals surface area contributed by atoms with Crippen molar-refractivity contribution in [3.63, 3.8) is 0 Å². The van der Waals surface area contributed by atoms with Crippen LogP contribution in [0, 0.1) is 0 Å². The first-order chi connectivity index (χ1) is 13.3. The van der Waals surface area contributed by atoms with Crippen molar-refractivity contribution in [1.29, 1.82) is 0 Å². The van der Waals surface area contributed by atoms with Gasteiger partial charge in [0.05, 0.1) is 25.1 Å². The van der Waals surface area contributed by atoms with E-state index in [2.05, 4.69) is 45.2 Å². The molecule has 140 valence electrons. The fourth-order valence-electron chi connectivity index (χ4n) is 4.00. The number of aromatic nitrogens is 4. The van der Waals surface area contributed by atoms with Gasteiger partial charge in [0.15, 0.2) is 11.5 Å². The minimum Gasteiger partial charge on any atom is -0.378 e. The van der Waals surface area contributed by atoms with E-state index in [0.717, 1.165) is 63.8 Å². The molecule has 5 rings (SSSR count). The average Bonchev–Trinajstić information content (AvgIpc) is 3.35. The molecule has 0 saturated carbocycles. The highest BCUT2D eigenvalue weighted by Crippen LogP contribution is 2.27. The molecule has 0 spiro atoms. The second-order valence-corrected chi connectivity index (χ2v) is 7.34. The Labute approximate surface area is 158 Å². The third-order valence-electron chi connectivity index (χ3n) is 5.50. The summed E-state index contributed by atoms with van der Waals surface area (Å²) < 4.78 is 7.38. The number of ether oxygens (including phenoxy) is 1. The maximum Gasteiger partial charge on any atom is 0.156 e. The highest BCUT2D eigenvalue weighted by atomic mass is 16.5. The molecule has 2 fully saturated rings. The lowest BCUT2D eigenvalue weighted by atomic mass is 10.1. The van der Waals surface area contributed by atoms with E-state index in [-0.39, 0.29) is 0 Å². The molecule has 3 aromatic heterocycles. The number of likely N-dealkylation sites (tertiary alicyclic amines) is 1. The number of morpholine rings is 1. The zero-order valence-electron chi connectivity index (χ0n) is 15.4. The molecule has 3 aromatic rings. The summed E-state index contributed by atoms with van der Waals surface area (Å²) >= 11 is 0. The second-order valence-electron chi connectivity index (χ2n) is 7.34. The molecule has 2 aliphatic heterocycles. The molecule has 7 heteroatoms. The van der Waals surface area contributed by atoms with E-state index in [9.17, 15) is 0 Å². The summed E-state index contributed by atoms with van der Waals surface area (Å²) in [7, 11) is 0. The third kappa shape index (κ3) is 3.52. The molecule has 0 aromatic carbocycles. The zero-order chi connectivity index (χ0) is 18.1. The second kappa shape index (κ2) is 7.25. The standard InChI is InChI=1S/C20H24N6O/c1-2-19-22-20(23-26(19)15-18(1)25-9-11-27-12-10-25)17-5-8-24(14-17)13-16-3-6-21-7-4-16/h1-4,6-7,15,17H,5,8-14H2/t17-/m0/s1. The van der Waals surface area contributed by atoms with E-state index < -0.39 is 0 Å². The first-order valence-corrected chi connectivity index (χ1v) is 9.65. The lowest BCUT2D eigenvalue weighted by Gasteiger charge is -2.28. The molecular formula is C20H24N6O. The largest absolute Gasteiger partial charge is 0.378 e. The Morgan fingerprint density at radius 3 is 2.74 bits per heavy atom. The highest BCUT2D eigenvalue weighted by Gasteiger charge is 2.27. The van der Waals surface area contributed by atoms with Crippen molar-refractivity contribution in [3.05, 3.63) is 54.2 Å². The smallest absolute Gasteiger partial charge is 0.156 e. The molecule has 1 atom stereocenters. The van der Waals surface area contributed by atoms with Gasteiger partial charge in [-0.1, -0.05) is 0 Å². The van der Waals surface area contributed by atoms with Crippen molar-refractivity contribution in [1.82, 2.24) is 24.5 Å². The van der Waals surface area contributed by atoms with Crippen molar-refractivity contribution in [3.8, 4) is 0 Å². The summed E-state index contributed by atoms with van der Waals surface area (Å²) in [5, 5.41) is 4.80. The lowest BCUT2D eigenvalue weighted by Crippen LogP contribution is -2.36. The summed E-state index contributed by atoms with van der Waals surface area (Å²) in [5.74, 6) is 1.37. The minimum absolute atomic E-state index is 0.401. The van der Waals surface area contributed by atoms with Crippen LogP contribution in [0.4, 0.5) is 5.69 Å². The number of nitrogens with zero attached hydrogens (tertiary/aromatic N) is 6. The van der Waals surface area contributed by atoms with Crippen LogP contribution in [0.15, 0.2) is 42.9 Å². The Hall–Kier alpha value is -2.51. The van der Waals surface area contributed by atoms with Crippen LogP contribution in [0.25, 0.3) is 5.65 Å². The maximum atomic E-state index is 5.45. The number of rotatable bonds is 4. The van der Waals surface area contributed by atoms with Crippen molar-refractivity contribution >= 4 is 11.3 Å². The number of hydrogen-bond acceptors (Lipinski definition) is 6. The monoisotopic (exact) mass is 364 g/mol. The van der Waals surface area contributed by atoms with Gasteiger partial charge in [0.2, 0.25) is 0 Å². The fourth-order valence-corrected chi connectivity index (χ4v) is 4.00. The van der Waals surface area contributed by atoms with E-state index in [1.54, 1.807) is 0 Å². The summed E-state index contributed by atoms with van der Waals surface area (Å²) in [6, 6.07) is 8.39. The molecule has 5 heterocycles. The topological polar surface area (TPSA) is 58.8 Å². The van der Waals surface area contributed by atoms with Gasteiger partial charge in [0.25, 0.3) is 0 Å². The van der Waals surface area contributed by atoms with E-state index >= 15 is 0 Å². The fraction of sp³-hybridized carbons (Fsp3) is 0.450. The quantitative estimate of drug-likeness (QED) is 0.705. The van der Waals surface area contributed by atoms with Crippen molar-refractivity contribution in [2.75, 3.05) is 44.3 Å². The Balaban J connectivity index is 1.30. The Kier molecular flexibility index (Phi) is 4.47. The molecule has 2 saturated heterocycles. The van der Waals surface area contributed by atoms with Crippen molar-refractivity contribution in [2.24, 2.45) is 0 Å². The molecule has 0 unspecified atom stereocenters. The van der Waals surface area contributed by atoms with Gasteiger partial charge in [-0.2, -0.15) is 5.10 Å². The number of fused-ring (bicyclic) bond motifs is 1. The summed E-state index contributed by atoms with van der Waals surface area (Å²) in [6.45, 7) is 6.50. The van der Waals surface area contributed by atoms with E-state index in [1.807, 2.05) is 16.9 Å². The van der Waals surface area contributed by atoms with Crippen molar-refractivity contribution in [2.45, 2.75) is 18.9 Å². The van der Waals surface area contributed by atoms with Crippen LogP contribution in [0.1, 0.15) is 23.7 Å². The number of hydrogen-bond donors (Lipinski definition) is 0. The molecule has 0 aliphatic carbocycles. The maximum absolute atomic E-state index is 5.45. The predicted molar refractivity (Wildman–Crippen MR) is 103 cm³/mol. The van der Waals surface area contributed by atoms with Crippen LogP contribution in [0.5, 0.6) is 0 Å². The van der Waals surface area contributed by atoms with Crippen LogP contribution in [-0.4, -0.2) is 63.9 Å².